The summed E-state index contributed by atoms with van der Waals surface area (Å²) in [6.45, 7) is 0. The molecular weight excluding hydrogens is 204 g/mol. The van der Waals surface area contributed by atoms with Crippen LogP contribution in [0.25, 0.3) is 20.9 Å². The Hall–Kier alpha value is -1.50. The van der Waals surface area contributed by atoms with Gasteiger partial charge in [0, 0.05) is 9.82 Å². The van der Waals surface area contributed by atoms with Gasteiger partial charge in [-0.1, -0.05) is 10.2 Å². The van der Waals surface area contributed by atoms with Crippen LogP contribution in [-0.4, -0.2) is 45.7 Å². The van der Waals surface area contributed by atoms with Crippen molar-refractivity contribution in [3.63, 3.8) is 0 Å². The van der Waals surface area contributed by atoms with Crippen molar-refractivity contribution < 1.29 is 15.3 Å². The Morgan fingerprint density at radius 1 is 0.867 bits per heavy atom. The van der Waals surface area contributed by atoms with Gasteiger partial charge in [0.15, 0.2) is 0 Å². The monoisotopic (exact) mass is 214 g/mol. The van der Waals surface area contributed by atoms with E-state index in [1.807, 2.05) is 0 Å². The van der Waals surface area contributed by atoms with Crippen LogP contribution in [0.2, 0.25) is 0 Å². The molecule has 1 rings (SSSR count). The first kappa shape index (κ1) is 11.6. The van der Waals surface area contributed by atoms with Gasteiger partial charge in [-0.3, -0.25) is 0 Å². The first-order valence-electron chi connectivity index (χ1n) is 4.24. The lowest BCUT2D eigenvalue weighted by molar-refractivity contribution is -0.100. The van der Waals surface area contributed by atoms with Crippen LogP contribution in [0.1, 0.15) is 6.42 Å². The lowest BCUT2D eigenvalue weighted by atomic mass is 9.85. The van der Waals surface area contributed by atoms with Crippen LogP contribution in [0.15, 0.2) is 10.2 Å². The van der Waals surface area contributed by atoms with Gasteiger partial charge >= 0.3 is 0 Å². The number of hydrogen-bond acceptors (Lipinski definition) is 5. The van der Waals surface area contributed by atoms with E-state index in [-0.39, 0.29) is 6.42 Å². The Morgan fingerprint density at radius 3 is 1.60 bits per heavy atom. The smallest absolute Gasteiger partial charge is 0.106 e. The summed E-state index contributed by atoms with van der Waals surface area (Å²) in [6.07, 6.45) is -4.17. The molecule has 82 valence electrons. The molecule has 9 heteroatoms. The minimum atomic E-state index is -1.48. The molecule has 0 aromatic carbocycles. The van der Waals surface area contributed by atoms with Gasteiger partial charge in [-0.25, -0.2) is 0 Å². The highest BCUT2D eigenvalue weighted by Crippen LogP contribution is 2.25. The van der Waals surface area contributed by atoms with Crippen LogP contribution in [0, 0.1) is 0 Å². The molecule has 5 atom stereocenters. The molecule has 0 aromatic rings. The SMILES string of the molecule is [N-]=[N+]=N[C@H]1C[C@@H](N=[N+]=[N-])[C@H](O)C(O)[C@@H]1O. The third-order valence-electron chi connectivity index (χ3n) is 2.37. The second-order valence-corrected chi connectivity index (χ2v) is 3.25. The molecule has 0 aromatic heterocycles. The average Bonchev–Trinajstić information content (AvgIpc) is 2.22. The predicted molar refractivity (Wildman–Crippen MR) is 48.5 cm³/mol. The average molecular weight is 214 g/mol. The first-order chi connectivity index (χ1) is 7.11. The number of aliphatic hydroxyl groups excluding tert-OH is 3. The molecule has 0 bridgehead atoms. The summed E-state index contributed by atoms with van der Waals surface area (Å²) in [4.78, 5) is 5.00. The molecule has 1 aliphatic carbocycles. The summed E-state index contributed by atoms with van der Waals surface area (Å²) >= 11 is 0. The number of rotatable bonds is 2. The summed E-state index contributed by atoms with van der Waals surface area (Å²) in [5, 5.41) is 34.7. The molecule has 1 fully saturated rings. The van der Waals surface area contributed by atoms with Gasteiger partial charge in [0.05, 0.1) is 24.3 Å². The van der Waals surface area contributed by atoms with E-state index < -0.39 is 30.4 Å². The molecule has 0 spiro atoms. The molecule has 1 aliphatic rings. The zero-order valence-corrected chi connectivity index (χ0v) is 7.62. The highest BCUT2D eigenvalue weighted by atomic mass is 16.4. The lowest BCUT2D eigenvalue weighted by Gasteiger charge is -2.36. The van der Waals surface area contributed by atoms with Crippen molar-refractivity contribution in [1.82, 2.24) is 0 Å². The topological polar surface area (TPSA) is 158 Å². The van der Waals surface area contributed by atoms with E-state index in [0.29, 0.717) is 0 Å². The summed E-state index contributed by atoms with van der Waals surface area (Å²) in [5.41, 5.74) is 16.4. The fraction of sp³-hybridized carbons (Fsp3) is 1.00. The quantitative estimate of drug-likeness (QED) is 0.331. The molecule has 15 heavy (non-hydrogen) atoms. The van der Waals surface area contributed by atoms with Crippen LogP contribution in [0.5, 0.6) is 0 Å². The Kier molecular flexibility index (Phi) is 3.73. The fourth-order valence-corrected chi connectivity index (χ4v) is 1.55. The zero-order chi connectivity index (χ0) is 11.4. The minimum Gasteiger partial charge on any atom is -0.390 e. The number of azide groups is 2. The summed E-state index contributed by atoms with van der Waals surface area (Å²) in [5.74, 6) is 0. The van der Waals surface area contributed by atoms with Gasteiger partial charge in [0.2, 0.25) is 0 Å². The van der Waals surface area contributed by atoms with Crippen molar-refractivity contribution in [2.45, 2.75) is 36.8 Å². The highest BCUT2D eigenvalue weighted by molar-refractivity contribution is 4.99. The molecule has 1 unspecified atom stereocenters. The normalized spacial score (nSPS) is 40.1. The van der Waals surface area contributed by atoms with Crippen molar-refractivity contribution in [3.05, 3.63) is 20.9 Å². The van der Waals surface area contributed by atoms with Crippen LogP contribution in [0.3, 0.4) is 0 Å². The molecule has 3 N–H and O–H groups in total. The highest BCUT2D eigenvalue weighted by Gasteiger charge is 2.41. The molecular formula is C6H10N6O3. The molecule has 0 aliphatic heterocycles. The van der Waals surface area contributed by atoms with Crippen molar-refractivity contribution in [1.29, 1.82) is 0 Å². The van der Waals surface area contributed by atoms with Crippen molar-refractivity contribution in [2.75, 3.05) is 0 Å². The van der Waals surface area contributed by atoms with Gasteiger partial charge in [0.1, 0.15) is 6.10 Å². The third-order valence-corrected chi connectivity index (χ3v) is 2.37. The van der Waals surface area contributed by atoms with Crippen LogP contribution in [0.4, 0.5) is 0 Å². The van der Waals surface area contributed by atoms with E-state index in [0.717, 1.165) is 0 Å². The van der Waals surface area contributed by atoms with Crippen LogP contribution in [-0.2, 0) is 0 Å². The molecule has 0 radical (unpaired) electrons. The van der Waals surface area contributed by atoms with Crippen molar-refractivity contribution >= 4 is 0 Å². The Labute approximate surface area is 84.2 Å². The summed E-state index contributed by atoms with van der Waals surface area (Å²) in [7, 11) is 0. The van der Waals surface area contributed by atoms with E-state index in [9.17, 15) is 15.3 Å². The molecule has 0 amide bonds. The van der Waals surface area contributed by atoms with E-state index >= 15 is 0 Å². The predicted octanol–water partition coefficient (Wildman–Crippen LogP) is -0.169. The molecule has 0 saturated heterocycles. The summed E-state index contributed by atoms with van der Waals surface area (Å²) in [6, 6.07) is -1.80. The third kappa shape index (κ3) is 2.30. The Balaban J connectivity index is 2.88. The number of nitrogens with zero attached hydrogens (tertiary/aromatic N) is 6. The number of aliphatic hydroxyl groups is 3. The van der Waals surface area contributed by atoms with E-state index in [1.54, 1.807) is 0 Å². The van der Waals surface area contributed by atoms with Crippen LogP contribution >= 0.6 is 0 Å². The molecule has 0 heterocycles. The Morgan fingerprint density at radius 2 is 1.27 bits per heavy atom. The van der Waals surface area contributed by atoms with Crippen molar-refractivity contribution in [2.24, 2.45) is 10.2 Å². The molecule has 1 saturated carbocycles. The van der Waals surface area contributed by atoms with Gasteiger partial charge in [-0.05, 0) is 17.5 Å². The summed E-state index contributed by atoms with van der Waals surface area (Å²) < 4.78 is 0. The van der Waals surface area contributed by atoms with Gasteiger partial charge in [-0.2, -0.15) is 0 Å². The largest absolute Gasteiger partial charge is 0.390 e. The second-order valence-electron chi connectivity index (χ2n) is 3.25. The Bertz CT molecular complexity index is 293. The fourth-order valence-electron chi connectivity index (χ4n) is 1.55. The second kappa shape index (κ2) is 4.83. The van der Waals surface area contributed by atoms with E-state index in [2.05, 4.69) is 20.1 Å². The molecule has 9 nitrogen and oxygen atoms in total. The lowest BCUT2D eigenvalue weighted by Crippen LogP contribution is -2.54. The van der Waals surface area contributed by atoms with E-state index in [4.69, 9.17) is 11.1 Å². The maximum Gasteiger partial charge on any atom is 0.106 e. The minimum absolute atomic E-state index is 0.00745. The maximum absolute atomic E-state index is 9.42. The zero-order valence-electron chi connectivity index (χ0n) is 7.62. The van der Waals surface area contributed by atoms with Gasteiger partial charge < -0.3 is 15.3 Å². The van der Waals surface area contributed by atoms with Gasteiger partial charge in [0.25, 0.3) is 0 Å². The van der Waals surface area contributed by atoms with Gasteiger partial charge in [-0.15, -0.1) is 0 Å². The first-order valence-corrected chi connectivity index (χ1v) is 4.24. The maximum atomic E-state index is 9.42. The van der Waals surface area contributed by atoms with Crippen molar-refractivity contribution in [3.8, 4) is 0 Å². The standard InChI is InChI=1S/C6H10N6O3/c7-11-9-2-1-3(10-12-8)5(14)6(15)4(2)13/h2-6,13-15H,1H2/t2-,3+,4+,5-,6?. The number of hydrogen-bond donors (Lipinski definition) is 3. The van der Waals surface area contributed by atoms with Crippen LogP contribution < -0.4 is 0 Å². The van der Waals surface area contributed by atoms with E-state index in [1.165, 1.54) is 0 Å².